The number of methoxy groups -OCH3 is 2. The fourth-order valence-corrected chi connectivity index (χ4v) is 3.81. The molecule has 3 rings (SSSR count). The molecule has 2 aromatic rings. The van der Waals surface area contributed by atoms with Crippen LogP contribution in [0.1, 0.15) is 11.1 Å². The second kappa shape index (κ2) is 11.1. The Bertz CT molecular complexity index is 870. The molecule has 7 heteroatoms. The van der Waals surface area contributed by atoms with Crippen molar-refractivity contribution in [2.45, 2.75) is 24.9 Å². The Morgan fingerprint density at radius 1 is 0.750 bits per heavy atom. The summed E-state index contributed by atoms with van der Waals surface area (Å²) >= 11 is 0. The van der Waals surface area contributed by atoms with Gasteiger partial charge in [0.15, 0.2) is 0 Å². The summed E-state index contributed by atoms with van der Waals surface area (Å²) in [6, 6.07) is 16.9. The molecule has 0 unspecified atom stereocenters. The van der Waals surface area contributed by atoms with E-state index in [-0.39, 0.29) is 13.1 Å². The summed E-state index contributed by atoms with van der Waals surface area (Å²) in [5, 5.41) is 0. The molecule has 0 bridgehead atoms. The predicted molar refractivity (Wildman–Crippen MR) is 120 cm³/mol. The first-order chi connectivity index (χ1) is 15.5. The summed E-state index contributed by atoms with van der Waals surface area (Å²) in [5.41, 5.74) is 1.81. The van der Waals surface area contributed by atoms with Gasteiger partial charge in [-0.15, -0.1) is 0 Å². The van der Waals surface area contributed by atoms with Gasteiger partial charge in [0, 0.05) is 25.9 Å². The van der Waals surface area contributed by atoms with E-state index < -0.39 is 30.1 Å². The number of rotatable bonds is 8. The van der Waals surface area contributed by atoms with Crippen LogP contribution in [-0.2, 0) is 31.9 Å². The zero-order chi connectivity index (χ0) is 22.9. The Hall–Kier alpha value is -3.61. The number of ether oxygens (including phenoxy) is 2. The molecule has 2 aromatic carbocycles. The molecule has 1 heterocycles. The lowest BCUT2D eigenvalue weighted by Gasteiger charge is -2.35. The Morgan fingerprint density at radius 3 is 1.47 bits per heavy atom. The van der Waals surface area contributed by atoms with Gasteiger partial charge in [-0.2, -0.15) is 0 Å². The summed E-state index contributed by atoms with van der Waals surface area (Å²) in [6.45, 7) is 0.475. The Morgan fingerprint density at radius 2 is 1.12 bits per heavy atom. The molecule has 2 amide bonds. The van der Waals surface area contributed by atoms with E-state index in [2.05, 4.69) is 0 Å². The second-order valence-electron chi connectivity index (χ2n) is 7.52. The lowest BCUT2D eigenvalue weighted by molar-refractivity contribution is -0.146. The largest absolute Gasteiger partial charge is 0.467 e. The molecule has 0 N–H and O–H groups in total. The summed E-state index contributed by atoms with van der Waals surface area (Å²) in [5.74, 6) is -1.01. The van der Waals surface area contributed by atoms with Crippen molar-refractivity contribution in [3.8, 4) is 0 Å². The number of carbonyl (C=O) groups is 3. The van der Waals surface area contributed by atoms with Crippen LogP contribution in [-0.4, -0.2) is 67.2 Å². The van der Waals surface area contributed by atoms with Crippen molar-refractivity contribution < 1.29 is 23.9 Å². The van der Waals surface area contributed by atoms with E-state index in [1.807, 2.05) is 72.8 Å². The minimum Gasteiger partial charge on any atom is -0.467 e. The maximum absolute atomic E-state index is 13.6. The topological polar surface area (TPSA) is 76.2 Å². The molecule has 0 fully saturated rings. The lowest BCUT2D eigenvalue weighted by Crippen LogP contribution is -2.56. The predicted octanol–water partition coefficient (Wildman–Crippen LogP) is 2.85. The van der Waals surface area contributed by atoms with Crippen molar-refractivity contribution >= 4 is 18.0 Å². The molecule has 1 aliphatic heterocycles. The summed E-state index contributed by atoms with van der Waals surface area (Å²) < 4.78 is 10.0. The Kier molecular flexibility index (Phi) is 8.02. The molecule has 0 saturated heterocycles. The molecule has 0 saturated carbocycles. The first kappa shape index (κ1) is 23.1. The highest BCUT2D eigenvalue weighted by Gasteiger charge is 2.38. The third-order valence-electron chi connectivity index (χ3n) is 5.50. The highest BCUT2D eigenvalue weighted by molar-refractivity contribution is 5.88. The number of amides is 2. The van der Waals surface area contributed by atoms with Crippen LogP contribution in [0.25, 0.3) is 0 Å². The molecule has 0 radical (unpaired) electrons. The van der Waals surface area contributed by atoms with Crippen molar-refractivity contribution in [3.63, 3.8) is 0 Å². The molecular weight excluding hydrogens is 408 g/mol. The highest BCUT2D eigenvalue weighted by Crippen LogP contribution is 2.19. The van der Waals surface area contributed by atoms with Gasteiger partial charge in [-0.3, -0.25) is 0 Å². The summed E-state index contributed by atoms with van der Waals surface area (Å²) in [4.78, 5) is 41.9. The van der Waals surface area contributed by atoms with Crippen molar-refractivity contribution in [1.29, 1.82) is 0 Å². The number of hydrogen-bond donors (Lipinski definition) is 0. The van der Waals surface area contributed by atoms with Gasteiger partial charge in [0.2, 0.25) is 0 Å². The molecule has 32 heavy (non-hydrogen) atoms. The van der Waals surface area contributed by atoms with E-state index in [0.717, 1.165) is 11.1 Å². The van der Waals surface area contributed by atoms with Gasteiger partial charge in [-0.05, 0) is 11.1 Å². The van der Waals surface area contributed by atoms with E-state index >= 15 is 0 Å². The van der Waals surface area contributed by atoms with E-state index in [0.29, 0.717) is 12.8 Å². The zero-order valence-electron chi connectivity index (χ0n) is 18.3. The first-order valence-electron chi connectivity index (χ1n) is 10.5. The molecule has 0 aliphatic carbocycles. The van der Waals surface area contributed by atoms with Crippen LogP contribution < -0.4 is 0 Å². The van der Waals surface area contributed by atoms with Crippen LogP contribution in [0.5, 0.6) is 0 Å². The third kappa shape index (κ3) is 5.55. The molecule has 0 aromatic heterocycles. The van der Waals surface area contributed by atoms with Gasteiger partial charge >= 0.3 is 18.0 Å². The van der Waals surface area contributed by atoms with Gasteiger partial charge in [0.25, 0.3) is 0 Å². The second-order valence-corrected chi connectivity index (χ2v) is 7.52. The van der Waals surface area contributed by atoms with Crippen molar-refractivity contribution in [2.24, 2.45) is 0 Å². The quantitative estimate of drug-likeness (QED) is 0.470. The summed E-state index contributed by atoms with van der Waals surface area (Å²) in [7, 11) is 2.62. The van der Waals surface area contributed by atoms with Crippen molar-refractivity contribution in [2.75, 3.05) is 27.3 Å². The molecular formula is C25H28N2O5. The number of benzene rings is 2. The fraction of sp³-hybridized carbons (Fsp3) is 0.320. The van der Waals surface area contributed by atoms with Gasteiger partial charge in [0.1, 0.15) is 12.1 Å². The minimum atomic E-state index is -0.824. The minimum absolute atomic E-state index is 0.237. The molecule has 7 nitrogen and oxygen atoms in total. The molecule has 168 valence electrons. The van der Waals surface area contributed by atoms with Crippen LogP contribution in [0.2, 0.25) is 0 Å². The Labute approximate surface area is 188 Å². The smallest absolute Gasteiger partial charge is 0.329 e. The first-order valence-corrected chi connectivity index (χ1v) is 10.5. The summed E-state index contributed by atoms with van der Waals surface area (Å²) in [6.07, 6.45) is 4.27. The van der Waals surface area contributed by atoms with Gasteiger partial charge in [-0.1, -0.05) is 72.8 Å². The highest BCUT2D eigenvalue weighted by atomic mass is 16.5. The van der Waals surface area contributed by atoms with Crippen LogP contribution in [0.3, 0.4) is 0 Å². The number of nitrogens with zero attached hydrogens (tertiary/aromatic N) is 2. The van der Waals surface area contributed by atoms with E-state index in [9.17, 15) is 14.4 Å². The zero-order valence-corrected chi connectivity index (χ0v) is 18.3. The van der Waals surface area contributed by atoms with E-state index in [4.69, 9.17) is 9.47 Å². The van der Waals surface area contributed by atoms with Gasteiger partial charge in [-0.25, -0.2) is 14.4 Å². The molecule has 2 atom stereocenters. The standard InChI is InChI=1S/C25H28N2O5/c1-31-23(28)21(17-19-11-5-3-6-12-19)26-15-9-10-16-27(25(26)30)22(24(29)32-2)18-20-13-7-4-8-14-20/h3-14,21-22H,15-18H2,1-2H3/t21-,22-/m0/s1. The fourth-order valence-electron chi connectivity index (χ4n) is 3.81. The average Bonchev–Trinajstić information content (AvgIpc) is 3.02. The van der Waals surface area contributed by atoms with E-state index in [1.54, 1.807) is 0 Å². The third-order valence-corrected chi connectivity index (χ3v) is 5.50. The Balaban J connectivity index is 1.91. The van der Waals surface area contributed by atoms with Crippen molar-refractivity contribution in [3.05, 3.63) is 83.9 Å². The normalized spacial score (nSPS) is 15.6. The number of esters is 2. The maximum Gasteiger partial charge on any atom is 0.329 e. The monoisotopic (exact) mass is 436 g/mol. The number of hydrogen-bond acceptors (Lipinski definition) is 5. The molecule has 0 spiro atoms. The van der Waals surface area contributed by atoms with E-state index in [1.165, 1.54) is 24.0 Å². The average molecular weight is 437 g/mol. The lowest BCUT2D eigenvalue weighted by atomic mass is 10.0. The SMILES string of the molecule is COC(=O)[C@H](Cc1ccccc1)N1CC=CCN([C@@H](Cc2ccccc2)C(=O)OC)C1=O. The van der Waals surface area contributed by atoms with Crippen LogP contribution in [0.4, 0.5) is 4.79 Å². The molecule has 1 aliphatic rings. The maximum atomic E-state index is 13.6. The van der Waals surface area contributed by atoms with Gasteiger partial charge in [0.05, 0.1) is 14.2 Å². The number of urea groups is 1. The van der Waals surface area contributed by atoms with Crippen LogP contribution in [0.15, 0.2) is 72.8 Å². The van der Waals surface area contributed by atoms with Gasteiger partial charge < -0.3 is 19.3 Å². The van der Waals surface area contributed by atoms with Crippen LogP contribution >= 0.6 is 0 Å². The van der Waals surface area contributed by atoms with Crippen molar-refractivity contribution in [1.82, 2.24) is 9.80 Å². The van der Waals surface area contributed by atoms with Crippen LogP contribution in [0, 0.1) is 0 Å². The number of carbonyl (C=O) groups excluding carboxylic acids is 3.